The highest BCUT2D eigenvalue weighted by Gasteiger charge is 2.30. The molecule has 0 bridgehead atoms. The molecule has 0 saturated carbocycles. The molecule has 0 unspecified atom stereocenters. The molecule has 3 heterocycles. The third-order valence-electron chi connectivity index (χ3n) is 5.44. The van der Waals surface area contributed by atoms with Crippen LogP contribution in [0.15, 0.2) is 48.5 Å². The van der Waals surface area contributed by atoms with E-state index in [1.807, 2.05) is 12.1 Å². The lowest BCUT2D eigenvalue weighted by molar-refractivity contribution is 0.726. The average Bonchev–Trinajstić information content (AvgIpc) is 2.96. The number of anilines is 3. The zero-order valence-electron chi connectivity index (χ0n) is 15.2. The zero-order chi connectivity index (χ0) is 18.2. The van der Waals surface area contributed by atoms with Gasteiger partial charge in [-0.15, -0.1) is 10.2 Å². The molecule has 0 atom stereocenters. The summed E-state index contributed by atoms with van der Waals surface area (Å²) in [5.74, 6) is 1.81. The van der Waals surface area contributed by atoms with Gasteiger partial charge in [-0.3, -0.25) is 0 Å². The molecule has 0 aliphatic carbocycles. The second-order valence-electron chi connectivity index (χ2n) is 7.23. The highest BCUT2D eigenvalue weighted by Crippen LogP contribution is 2.38. The maximum atomic E-state index is 6.31. The minimum atomic E-state index is 0.734. The summed E-state index contributed by atoms with van der Waals surface area (Å²) in [7, 11) is 0. The number of aromatic nitrogens is 3. The fraction of sp³-hybridized carbons (Fsp3) is 0.333. The SMILES string of the molecule is Clc1ccc2c(c1)CN(c1ccccc1)c1nnc(N3CCCCCC3)n1-2. The van der Waals surface area contributed by atoms with Crippen LogP contribution in [0.2, 0.25) is 5.02 Å². The van der Waals surface area contributed by atoms with E-state index in [4.69, 9.17) is 11.6 Å². The number of fused-ring (bicyclic) bond motifs is 3. The fourth-order valence-corrected chi connectivity index (χ4v) is 4.28. The van der Waals surface area contributed by atoms with Gasteiger partial charge in [0.05, 0.1) is 12.2 Å². The summed E-state index contributed by atoms with van der Waals surface area (Å²) in [6, 6.07) is 16.5. The van der Waals surface area contributed by atoms with Crippen LogP contribution in [0.5, 0.6) is 0 Å². The second kappa shape index (κ2) is 6.89. The normalized spacial score (nSPS) is 16.6. The van der Waals surface area contributed by atoms with Gasteiger partial charge in [0.25, 0.3) is 0 Å². The van der Waals surface area contributed by atoms with Crippen molar-refractivity contribution >= 4 is 29.2 Å². The van der Waals surface area contributed by atoms with Gasteiger partial charge in [-0.2, -0.15) is 0 Å². The Hall–Kier alpha value is -2.53. The van der Waals surface area contributed by atoms with Gasteiger partial charge in [0.1, 0.15) is 0 Å². The molecule has 0 amide bonds. The molecule has 1 fully saturated rings. The predicted octanol–water partition coefficient (Wildman–Crippen LogP) is 4.95. The summed E-state index contributed by atoms with van der Waals surface area (Å²) in [5.41, 5.74) is 3.43. The number of nitrogens with zero attached hydrogens (tertiary/aromatic N) is 5. The molecule has 5 nitrogen and oxygen atoms in total. The first-order valence-corrected chi connectivity index (χ1v) is 10.0. The lowest BCUT2D eigenvalue weighted by Gasteiger charge is -2.32. The Morgan fingerprint density at radius 2 is 1.56 bits per heavy atom. The first-order valence-electron chi connectivity index (χ1n) is 9.63. The van der Waals surface area contributed by atoms with E-state index in [-0.39, 0.29) is 0 Å². The number of hydrogen-bond donors (Lipinski definition) is 0. The Bertz CT molecular complexity index is 944. The Kier molecular flexibility index (Phi) is 4.24. The molecule has 0 spiro atoms. The minimum Gasteiger partial charge on any atom is -0.341 e. The van der Waals surface area contributed by atoms with Crippen LogP contribution < -0.4 is 9.80 Å². The molecule has 27 heavy (non-hydrogen) atoms. The molecule has 1 saturated heterocycles. The molecule has 6 heteroatoms. The standard InChI is InChI=1S/C21H22ClN5/c22-17-10-11-19-16(14-17)15-26(18-8-4-3-5-9-18)21-24-23-20(27(19)21)25-12-6-1-2-7-13-25/h3-5,8-11,14H,1-2,6-7,12-13,15H2. The number of hydrogen-bond acceptors (Lipinski definition) is 4. The topological polar surface area (TPSA) is 37.2 Å². The lowest BCUT2D eigenvalue weighted by Crippen LogP contribution is -2.30. The predicted molar refractivity (Wildman–Crippen MR) is 109 cm³/mol. The summed E-state index contributed by atoms with van der Waals surface area (Å²) in [5, 5.41) is 9.99. The van der Waals surface area contributed by atoms with Crippen LogP contribution in [0.4, 0.5) is 17.6 Å². The lowest BCUT2D eigenvalue weighted by atomic mass is 10.1. The Morgan fingerprint density at radius 1 is 0.815 bits per heavy atom. The van der Waals surface area contributed by atoms with Crippen molar-refractivity contribution in [1.29, 1.82) is 0 Å². The molecule has 2 aliphatic rings. The monoisotopic (exact) mass is 379 g/mol. The molecule has 0 radical (unpaired) electrons. The van der Waals surface area contributed by atoms with E-state index in [0.29, 0.717) is 0 Å². The molecule has 3 aromatic rings. The molecule has 5 rings (SSSR count). The van der Waals surface area contributed by atoms with Crippen molar-refractivity contribution in [3.63, 3.8) is 0 Å². The Morgan fingerprint density at radius 3 is 2.33 bits per heavy atom. The summed E-state index contributed by atoms with van der Waals surface area (Å²) in [4.78, 5) is 4.60. The van der Waals surface area contributed by atoms with Crippen molar-refractivity contribution in [3.8, 4) is 5.69 Å². The van der Waals surface area contributed by atoms with E-state index < -0.39 is 0 Å². The van der Waals surface area contributed by atoms with Crippen molar-refractivity contribution in [1.82, 2.24) is 14.8 Å². The summed E-state index contributed by atoms with van der Waals surface area (Å²) in [6.07, 6.45) is 5.00. The second-order valence-corrected chi connectivity index (χ2v) is 7.67. The van der Waals surface area contributed by atoms with Gasteiger partial charge >= 0.3 is 0 Å². The van der Waals surface area contributed by atoms with Gasteiger partial charge in [0.15, 0.2) is 0 Å². The van der Waals surface area contributed by atoms with Crippen LogP contribution in [0.1, 0.15) is 31.2 Å². The minimum absolute atomic E-state index is 0.734. The summed E-state index contributed by atoms with van der Waals surface area (Å²) < 4.78 is 2.20. The van der Waals surface area contributed by atoms with E-state index in [9.17, 15) is 0 Å². The van der Waals surface area contributed by atoms with E-state index in [0.717, 1.165) is 47.9 Å². The molecule has 138 valence electrons. The summed E-state index contributed by atoms with van der Waals surface area (Å²) in [6.45, 7) is 2.80. The van der Waals surface area contributed by atoms with Gasteiger partial charge in [-0.05, 0) is 48.7 Å². The third-order valence-corrected chi connectivity index (χ3v) is 5.67. The van der Waals surface area contributed by atoms with Crippen LogP contribution in [0.3, 0.4) is 0 Å². The molecular weight excluding hydrogens is 358 g/mol. The molecule has 2 aromatic carbocycles. The maximum absolute atomic E-state index is 6.31. The van der Waals surface area contributed by atoms with Crippen LogP contribution in [-0.4, -0.2) is 27.9 Å². The third kappa shape index (κ3) is 2.96. The largest absolute Gasteiger partial charge is 0.341 e. The first-order chi connectivity index (χ1) is 13.3. The fourth-order valence-electron chi connectivity index (χ4n) is 4.09. The van der Waals surface area contributed by atoms with Crippen molar-refractivity contribution in [2.75, 3.05) is 22.9 Å². The number of para-hydroxylation sites is 1. The van der Waals surface area contributed by atoms with Gasteiger partial charge < -0.3 is 9.80 Å². The Labute approximate surface area is 164 Å². The van der Waals surface area contributed by atoms with Crippen LogP contribution >= 0.6 is 11.6 Å². The Balaban J connectivity index is 1.66. The molecule has 2 aliphatic heterocycles. The van der Waals surface area contributed by atoms with Crippen LogP contribution in [0.25, 0.3) is 5.69 Å². The molecule has 1 aromatic heterocycles. The number of rotatable bonds is 2. The quantitative estimate of drug-likeness (QED) is 0.631. The van der Waals surface area contributed by atoms with Crippen molar-refractivity contribution in [2.45, 2.75) is 32.2 Å². The van der Waals surface area contributed by atoms with Gasteiger partial charge in [-0.25, -0.2) is 4.57 Å². The van der Waals surface area contributed by atoms with Crippen LogP contribution in [0, 0.1) is 0 Å². The van der Waals surface area contributed by atoms with Gasteiger partial charge in [0.2, 0.25) is 11.9 Å². The molecule has 0 N–H and O–H groups in total. The van der Waals surface area contributed by atoms with Crippen molar-refractivity contribution in [3.05, 3.63) is 59.1 Å². The number of benzene rings is 2. The smallest absolute Gasteiger partial charge is 0.238 e. The van der Waals surface area contributed by atoms with E-state index >= 15 is 0 Å². The van der Waals surface area contributed by atoms with Crippen molar-refractivity contribution in [2.24, 2.45) is 0 Å². The zero-order valence-corrected chi connectivity index (χ0v) is 15.9. The van der Waals surface area contributed by atoms with Crippen molar-refractivity contribution < 1.29 is 0 Å². The maximum Gasteiger partial charge on any atom is 0.238 e. The molecular formula is C21H22ClN5. The van der Waals surface area contributed by atoms with E-state index in [2.05, 4.69) is 61.0 Å². The van der Waals surface area contributed by atoms with Crippen LogP contribution in [-0.2, 0) is 6.54 Å². The average molecular weight is 380 g/mol. The number of halogens is 1. The van der Waals surface area contributed by atoms with Gasteiger partial charge in [-0.1, -0.05) is 42.6 Å². The first kappa shape index (κ1) is 16.6. The summed E-state index contributed by atoms with van der Waals surface area (Å²) >= 11 is 6.31. The van der Waals surface area contributed by atoms with E-state index in [1.54, 1.807) is 0 Å². The highest BCUT2D eigenvalue weighted by atomic mass is 35.5. The van der Waals surface area contributed by atoms with Gasteiger partial charge in [0, 0.05) is 23.8 Å². The van der Waals surface area contributed by atoms with E-state index in [1.165, 1.54) is 31.2 Å². The highest BCUT2D eigenvalue weighted by molar-refractivity contribution is 6.30.